The minimum Gasteiger partial charge on any atom is -0.394 e. The average Bonchev–Trinajstić information content (AvgIpc) is 2.99. The van der Waals surface area contributed by atoms with Gasteiger partial charge in [-0.05, 0) is 32.0 Å². The van der Waals surface area contributed by atoms with E-state index in [0.29, 0.717) is 5.56 Å². The zero-order valence-corrected chi connectivity index (χ0v) is 17.2. The van der Waals surface area contributed by atoms with Crippen molar-refractivity contribution in [1.82, 2.24) is 9.55 Å². The number of rotatable bonds is 4. The Balaban J connectivity index is 1.56. The number of aromatic nitrogens is 2. The lowest BCUT2D eigenvalue weighted by molar-refractivity contribution is -0.189. The van der Waals surface area contributed by atoms with E-state index in [0.717, 1.165) is 0 Å². The molecule has 31 heavy (non-hydrogen) atoms. The van der Waals surface area contributed by atoms with Crippen molar-refractivity contribution >= 4 is 11.7 Å². The molecule has 2 fully saturated rings. The normalized spacial score (nSPS) is 29.7. The molecule has 3 unspecified atom stereocenters. The number of aliphatic hydroxyl groups is 2. The van der Waals surface area contributed by atoms with Crippen LogP contribution in [0.3, 0.4) is 0 Å². The summed E-state index contributed by atoms with van der Waals surface area (Å²) in [5.74, 6) is -1.20. The minimum atomic E-state index is -1.13. The van der Waals surface area contributed by atoms with Crippen LogP contribution in [0.15, 0.2) is 47.4 Å². The highest BCUT2D eigenvalue weighted by Gasteiger charge is 2.50. The molecule has 0 bridgehead atoms. The summed E-state index contributed by atoms with van der Waals surface area (Å²) in [6.45, 7) is 3.00. The molecule has 2 aliphatic heterocycles. The third kappa shape index (κ3) is 4.53. The molecule has 10 heteroatoms. The van der Waals surface area contributed by atoms with Crippen LogP contribution in [-0.4, -0.2) is 62.5 Å². The van der Waals surface area contributed by atoms with Crippen molar-refractivity contribution in [3.05, 3.63) is 58.6 Å². The number of amides is 1. The van der Waals surface area contributed by atoms with E-state index in [9.17, 15) is 19.8 Å². The molecule has 166 valence electrons. The van der Waals surface area contributed by atoms with E-state index >= 15 is 0 Å². The number of carbonyl (C=O) groups is 1. The fourth-order valence-electron chi connectivity index (χ4n) is 3.89. The Morgan fingerprint density at radius 3 is 2.68 bits per heavy atom. The van der Waals surface area contributed by atoms with Crippen LogP contribution in [0.2, 0.25) is 0 Å². The van der Waals surface area contributed by atoms with Crippen molar-refractivity contribution in [1.29, 1.82) is 0 Å². The van der Waals surface area contributed by atoms with Gasteiger partial charge < -0.3 is 29.7 Å². The summed E-state index contributed by atoms with van der Waals surface area (Å²) in [4.78, 5) is 28.9. The molecular formula is C21H25N3O7. The maximum absolute atomic E-state index is 12.7. The Hall–Kier alpha value is -2.63. The molecule has 1 aromatic carbocycles. The van der Waals surface area contributed by atoms with Gasteiger partial charge in [0.05, 0.1) is 12.7 Å². The monoisotopic (exact) mass is 431 g/mol. The molecule has 0 radical (unpaired) electrons. The van der Waals surface area contributed by atoms with Crippen LogP contribution >= 0.6 is 0 Å². The molecular weight excluding hydrogens is 406 g/mol. The second-order valence-corrected chi connectivity index (χ2v) is 8.00. The van der Waals surface area contributed by atoms with Crippen LogP contribution in [0.4, 0.5) is 5.82 Å². The lowest BCUT2D eigenvalue weighted by Gasteiger charge is -2.27. The van der Waals surface area contributed by atoms with Crippen LogP contribution in [0, 0.1) is 0 Å². The third-order valence-corrected chi connectivity index (χ3v) is 5.30. The van der Waals surface area contributed by atoms with Crippen molar-refractivity contribution in [2.75, 3.05) is 11.9 Å². The molecule has 3 N–H and O–H groups in total. The van der Waals surface area contributed by atoms with E-state index in [1.54, 1.807) is 44.2 Å². The molecule has 10 nitrogen and oxygen atoms in total. The Bertz CT molecular complexity index is 994. The van der Waals surface area contributed by atoms with E-state index in [4.69, 9.17) is 14.2 Å². The fourth-order valence-corrected chi connectivity index (χ4v) is 3.89. The molecule has 0 saturated carbocycles. The molecule has 1 amide bonds. The first kappa shape index (κ1) is 21.6. The Labute approximate surface area is 178 Å². The number of aliphatic hydroxyl groups excluding tert-OH is 2. The van der Waals surface area contributed by atoms with Gasteiger partial charge in [0.25, 0.3) is 5.91 Å². The predicted octanol–water partition coefficient (Wildman–Crippen LogP) is 0.656. The van der Waals surface area contributed by atoms with E-state index in [2.05, 4.69) is 10.3 Å². The summed E-state index contributed by atoms with van der Waals surface area (Å²) in [6, 6.07) is 10.0. The van der Waals surface area contributed by atoms with Crippen molar-refractivity contribution < 1.29 is 29.2 Å². The minimum absolute atomic E-state index is 0.0990. The highest BCUT2D eigenvalue weighted by molar-refractivity contribution is 6.03. The van der Waals surface area contributed by atoms with Gasteiger partial charge in [-0.2, -0.15) is 4.98 Å². The van der Waals surface area contributed by atoms with E-state index in [1.807, 2.05) is 0 Å². The summed E-state index contributed by atoms with van der Waals surface area (Å²) < 4.78 is 18.7. The number of carbonyl (C=O) groups excluding carboxylic acids is 1. The quantitative estimate of drug-likeness (QED) is 0.643. The number of hydrogen-bond acceptors (Lipinski definition) is 8. The first-order valence-electron chi connectivity index (χ1n) is 10.0. The Morgan fingerprint density at radius 2 is 2.00 bits per heavy atom. The summed E-state index contributed by atoms with van der Waals surface area (Å²) in [6.07, 6.45) is -2.54. The summed E-state index contributed by atoms with van der Waals surface area (Å²) in [7, 11) is 0. The lowest BCUT2D eigenvalue weighted by atomic mass is 10.0. The molecule has 2 aromatic rings. The van der Waals surface area contributed by atoms with Gasteiger partial charge in [0.15, 0.2) is 5.79 Å². The number of benzene rings is 1. The second kappa shape index (κ2) is 8.48. The number of ether oxygens (including phenoxy) is 3. The third-order valence-electron chi connectivity index (χ3n) is 5.30. The molecule has 0 aliphatic carbocycles. The Kier molecular flexibility index (Phi) is 5.91. The summed E-state index contributed by atoms with van der Waals surface area (Å²) in [5, 5.41) is 22.9. The number of anilines is 1. The van der Waals surface area contributed by atoms with Crippen molar-refractivity contribution in [2.24, 2.45) is 0 Å². The molecule has 0 spiro atoms. The lowest BCUT2D eigenvalue weighted by Crippen LogP contribution is -2.43. The molecule has 2 aliphatic rings. The molecule has 2 saturated heterocycles. The predicted molar refractivity (Wildman–Crippen MR) is 108 cm³/mol. The zero-order valence-electron chi connectivity index (χ0n) is 17.2. The SMILES string of the molecule is CC1(C)OC2C[C@H](n3ccc(NC(=O)c4ccccc4)nc3=O)OC(CO)[C@@H](O)C2O1. The van der Waals surface area contributed by atoms with Crippen molar-refractivity contribution in [2.45, 2.75) is 56.7 Å². The smallest absolute Gasteiger partial charge is 0.351 e. The highest BCUT2D eigenvalue weighted by atomic mass is 16.8. The maximum Gasteiger partial charge on any atom is 0.351 e. The standard InChI is InChI=1S/C21H25N3O7/c1-21(2)30-13-10-16(29-14(11-25)17(26)18(13)31-21)24-9-8-15(23-20(24)28)22-19(27)12-6-4-3-5-7-12/h3-9,13-14,16-18,25-26H,10-11H2,1-2H3,(H,22,23,27,28)/t13?,14?,16-,17-,18?/m1/s1. The van der Waals surface area contributed by atoms with Gasteiger partial charge in [-0.3, -0.25) is 9.36 Å². The van der Waals surface area contributed by atoms with E-state index in [-0.39, 0.29) is 18.1 Å². The van der Waals surface area contributed by atoms with Crippen molar-refractivity contribution in [3.8, 4) is 0 Å². The van der Waals surface area contributed by atoms with Crippen molar-refractivity contribution in [3.63, 3.8) is 0 Å². The molecule has 5 atom stereocenters. The van der Waals surface area contributed by atoms with Crippen LogP contribution in [0.5, 0.6) is 0 Å². The van der Waals surface area contributed by atoms with Gasteiger partial charge in [0.2, 0.25) is 0 Å². The van der Waals surface area contributed by atoms with Crippen LogP contribution in [-0.2, 0) is 14.2 Å². The summed E-state index contributed by atoms with van der Waals surface area (Å²) >= 11 is 0. The Morgan fingerprint density at radius 1 is 1.26 bits per heavy atom. The number of nitrogens with one attached hydrogen (secondary N) is 1. The number of nitrogens with zero attached hydrogens (tertiary/aromatic N) is 2. The second-order valence-electron chi connectivity index (χ2n) is 8.00. The van der Waals surface area contributed by atoms with Gasteiger partial charge in [0, 0.05) is 18.2 Å². The van der Waals surface area contributed by atoms with E-state index in [1.165, 1.54) is 16.8 Å². The van der Waals surface area contributed by atoms with Gasteiger partial charge in [-0.1, -0.05) is 18.2 Å². The van der Waals surface area contributed by atoms with Crippen LogP contribution in [0.1, 0.15) is 36.9 Å². The molecule has 3 heterocycles. The highest BCUT2D eigenvalue weighted by Crippen LogP contribution is 2.38. The van der Waals surface area contributed by atoms with Gasteiger partial charge in [0.1, 0.15) is 30.4 Å². The van der Waals surface area contributed by atoms with Gasteiger partial charge in [-0.25, -0.2) is 4.79 Å². The first-order chi connectivity index (χ1) is 14.8. The van der Waals surface area contributed by atoms with Gasteiger partial charge >= 0.3 is 5.69 Å². The largest absolute Gasteiger partial charge is 0.394 e. The average molecular weight is 431 g/mol. The zero-order chi connectivity index (χ0) is 22.2. The molecule has 4 rings (SSSR count). The van der Waals surface area contributed by atoms with Gasteiger partial charge in [-0.15, -0.1) is 0 Å². The molecule has 1 aromatic heterocycles. The topological polar surface area (TPSA) is 132 Å². The maximum atomic E-state index is 12.7. The van der Waals surface area contributed by atoms with Crippen LogP contribution < -0.4 is 11.0 Å². The number of fused-ring (bicyclic) bond motifs is 1. The fraction of sp³-hybridized carbons (Fsp3) is 0.476. The van der Waals surface area contributed by atoms with Crippen LogP contribution in [0.25, 0.3) is 0 Å². The summed E-state index contributed by atoms with van der Waals surface area (Å²) in [5.41, 5.74) is -0.217. The van der Waals surface area contributed by atoms with E-state index < -0.39 is 48.7 Å². The number of hydrogen-bond donors (Lipinski definition) is 3. The first-order valence-corrected chi connectivity index (χ1v) is 10.0.